The number of carbonyl (C=O) groups is 3. The van der Waals surface area contributed by atoms with Crippen LogP contribution in [0.2, 0.25) is 0 Å². The van der Waals surface area contributed by atoms with Crippen molar-refractivity contribution in [3.05, 3.63) is 92.3 Å². The molecule has 0 radical (unpaired) electrons. The van der Waals surface area contributed by atoms with Crippen LogP contribution in [0, 0.1) is 29.9 Å². The van der Waals surface area contributed by atoms with Crippen molar-refractivity contribution in [3.63, 3.8) is 0 Å². The maximum Gasteiger partial charge on any atom is 0.340 e. The number of nitro benzene ring substituents is 1. The molecule has 0 spiro atoms. The molecule has 1 aliphatic heterocycles. The van der Waals surface area contributed by atoms with Gasteiger partial charge in [0.1, 0.15) is 0 Å². The zero-order valence-electron chi connectivity index (χ0n) is 22.9. The molecule has 1 aliphatic rings. The average molecular weight is 548 g/mol. The number of nitrogens with one attached hydrogen (secondary N) is 1. The minimum Gasteiger partial charge on any atom is -0.462 e. The second-order valence-electron chi connectivity index (χ2n) is 9.92. The third-order valence-electron chi connectivity index (χ3n) is 7.20. The highest BCUT2D eigenvalue weighted by Crippen LogP contribution is 2.31. The first-order chi connectivity index (χ1) is 19.2. The van der Waals surface area contributed by atoms with Gasteiger partial charge in [-0.1, -0.05) is 30.3 Å². The van der Waals surface area contributed by atoms with Gasteiger partial charge in [0.25, 0.3) is 5.69 Å². The fraction of sp³-hybridized carbons (Fsp3) is 0.367. The lowest BCUT2D eigenvalue weighted by Gasteiger charge is -2.34. The number of aromatic amines is 1. The minimum absolute atomic E-state index is 0.0242. The van der Waals surface area contributed by atoms with Crippen LogP contribution in [-0.2, 0) is 15.9 Å². The molecule has 0 atom stereocenters. The second kappa shape index (κ2) is 12.6. The molecule has 3 aromatic rings. The Kier molecular flexibility index (Phi) is 8.98. The molecule has 0 amide bonds. The molecule has 0 bridgehead atoms. The number of benzene rings is 2. The number of hydrogen-bond donors (Lipinski definition) is 1. The Hall–Kier alpha value is -4.47. The smallest absolute Gasteiger partial charge is 0.340 e. The quantitative estimate of drug-likeness (QED) is 0.158. The number of non-ortho nitro benzene ring substituents is 1. The number of rotatable bonds is 10. The normalized spacial score (nSPS) is 13.6. The van der Waals surface area contributed by atoms with Gasteiger partial charge >= 0.3 is 11.9 Å². The summed E-state index contributed by atoms with van der Waals surface area (Å²) in [6, 6.07) is 14.4. The zero-order valence-corrected chi connectivity index (χ0v) is 22.9. The number of carbonyl (C=O) groups excluding carboxylic acids is 3. The number of aromatic nitrogens is 1. The summed E-state index contributed by atoms with van der Waals surface area (Å²) in [7, 11) is 0. The lowest BCUT2D eigenvalue weighted by molar-refractivity contribution is -0.384. The third-order valence-corrected chi connectivity index (χ3v) is 7.20. The molecule has 0 aliphatic carbocycles. The van der Waals surface area contributed by atoms with Crippen molar-refractivity contribution < 1.29 is 28.8 Å². The number of ether oxygens (including phenoxy) is 2. The van der Waals surface area contributed by atoms with Crippen LogP contribution in [0.5, 0.6) is 0 Å². The van der Waals surface area contributed by atoms with E-state index in [0.717, 1.165) is 19.3 Å². The summed E-state index contributed by atoms with van der Waals surface area (Å²) < 4.78 is 10.4. The Morgan fingerprint density at radius 3 is 2.30 bits per heavy atom. The number of anilines is 1. The minimum atomic E-state index is -0.846. The van der Waals surface area contributed by atoms with Crippen LogP contribution in [0.3, 0.4) is 0 Å². The van der Waals surface area contributed by atoms with Gasteiger partial charge < -0.3 is 19.4 Å². The van der Waals surface area contributed by atoms with Crippen LogP contribution in [0.4, 0.5) is 11.4 Å². The van der Waals surface area contributed by atoms with E-state index >= 15 is 0 Å². The number of hydrogen-bond acceptors (Lipinski definition) is 8. The van der Waals surface area contributed by atoms with Gasteiger partial charge in [0.2, 0.25) is 5.78 Å². The van der Waals surface area contributed by atoms with Crippen molar-refractivity contribution >= 4 is 29.1 Å². The highest BCUT2D eigenvalue weighted by atomic mass is 16.6. The molecular weight excluding hydrogens is 514 g/mol. The van der Waals surface area contributed by atoms with E-state index in [1.54, 1.807) is 26.8 Å². The van der Waals surface area contributed by atoms with Crippen molar-refractivity contribution in [1.29, 1.82) is 0 Å². The summed E-state index contributed by atoms with van der Waals surface area (Å²) in [5.41, 5.74) is 2.72. The number of piperidine rings is 1. The van der Waals surface area contributed by atoms with Crippen LogP contribution in [-0.4, -0.2) is 53.9 Å². The van der Waals surface area contributed by atoms with Gasteiger partial charge in [-0.15, -0.1) is 0 Å². The molecule has 0 saturated carbocycles. The van der Waals surface area contributed by atoms with E-state index in [1.165, 1.54) is 17.7 Å². The van der Waals surface area contributed by atoms with E-state index in [2.05, 4.69) is 17.1 Å². The monoisotopic (exact) mass is 547 g/mol. The number of H-pyrrole nitrogens is 1. The Labute approximate surface area is 232 Å². The molecule has 40 heavy (non-hydrogen) atoms. The zero-order chi connectivity index (χ0) is 28.8. The van der Waals surface area contributed by atoms with Crippen LogP contribution >= 0.6 is 0 Å². The van der Waals surface area contributed by atoms with Gasteiger partial charge in [0.15, 0.2) is 6.61 Å². The number of nitro groups is 1. The van der Waals surface area contributed by atoms with Crippen molar-refractivity contribution in [2.75, 3.05) is 31.2 Å². The Morgan fingerprint density at radius 1 is 0.975 bits per heavy atom. The Balaban J connectivity index is 1.49. The van der Waals surface area contributed by atoms with E-state index in [-0.39, 0.29) is 29.0 Å². The SMILES string of the molecule is CCOC(=O)c1c(C)[nH]c(C)c1C(=O)COC(=O)c1cc([N+](=O)[O-])ccc1N1CCC(Cc2ccccc2)CC1. The van der Waals surface area contributed by atoms with Gasteiger partial charge in [-0.2, -0.15) is 0 Å². The highest BCUT2D eigenvalue weighted by Gasteiger charge is 2.29. The third kappa shape index (κ3) is 6.39. The molecule has 2 aromatic carbocycles. The topological polar surface area (TPSA) is 132 Å². The number of esters is 2. The predicted molar refractivity (Wildman–Crippen MR) is 149 cm³/mol. The van der Waals surface area contributed by atoms with Crippen molar-refractivity contribution in [1.82, 2.24) is 4.98 Å². The Morgan fingerprint density at radius 2 is 1.65 bits per heavy atom. The number of ketones is 1. The molecule has 1 fully saturated rings. The highest BCUT2D eigenvalue weighted by molar-refractivity contribution is 6.09. The number of aryl methyl sites for hydroxylation is 2. The largest absolute Gasteiger partial charge is 0.462 e. The Bertz CT molecular complexity index is 1410. The van der Waals surface area contributed by atoms with E-state index in [0.29, 0.717) is 36.1 Å². The fourth-order valence-corrected chi connectivity index (χ4v) is 5.27. The summed E-state index contributed by atoms with van der Waals surface area (Å²) in [5, 5.41) is 11.5. The molecule has 1 saturated heterocycles. The molecule has 0 unspecified atom stereocenters. The molecule has 210 valence electrons. The summed E-state index contributed by atoms with van der Waals surface area (Å²) in [6.07, 6.45) is 2.78. The molecule has 10 heteroatoms. The summed E-state index contributed by atoms with van der Waals surface area (Å²) >= 11 is 0. The summed E-state index contributed by atoms with van der Waals surface area (Å²) in [4.78, 5) is 54.6. The maximum absolute atomic E-state index is 13.2. The average Bonchev–Trinajstić information content (AvgIpc) is 3.25. The lowest BCUT2D eigenvalue weighted by Crippen LogP contribution is -2.35. The van der Waals surface area contributed by atoms with Gasteiger partial charge in [0, 0.05) is 36.6 Å². The first-order valence-corrected chi connectivity index (χ1v) is 13.3. The standard InChI is InChI=1S/C30H33N3O7/c1-4-39-30(36)28-20(3)31-19(2)27(28)26(34)18-40-29(35)24-17-23(33(37)38)10-11-25(24)32-14-12-22(13-15-32)16-21-8-6-5-7-9-21/h5-11,17,22,31H,4,12-16,18H2,1-3H3. The molecule has 1 aromatic heterocycles. The van der Waals surface area contributed by atoms with Gasteiger partial charge in [0.05, 0.1) is 33.9 Å². The van der Waals surface area contributed by atoms with E-state index in [1.807, 2.05) is 23.1 Å². The van der Waals surface area contributed by atoms with Crippen LogP contribution < -0.4 is 4.90 Å². The number of Topliss-reactive ketones (excluding diaryl/α,β-unsaturated/α-hetero) is 1. The molecular formula is C30H33N3O7. The number of nitrogens with zero attached hydrogens (tertiary/aromatic N) is 2. The van der Waals surface area contributed by atoms with E-state index in [9.17, 15) is 24.5 Å². The molecule has 1 N–H and O–H groups in total. The van der Waals surface area contributed by atoms with Gasteiger partial charge in [-0.05, 0) is 57.6 Å². The first kappa shape index (κ1) is 28.5. The van der Waals surface area contributed by atoms with Crippen LogP contribution in [0.1, 0.15) is 67.8 Å². The van der Waals surface area contributed by atoms with Crippen molar-refractivity contribution in [2.24, 2.45) is 5.92 Å². The van der Waals surface area contributed by atoms with E-state index in [4.69, 9.17) is 9.47 Å². The van der Waals surface area contributed by atoms with E-state index < -0.39 is 29.3 Å². The van der Waals surface area contributed by atoms with Crippen LogP contribution in [0.15, 0.2) is 48.5 Å². The second-order valence-corrected chi connectivity index (χ2v) is 9.92. The maximum atomic E-state index is 13.2. The van der Waals surface area contributed by atoms with Gasteiger partial charge in [-0.3, -0.25) is 14.9 Å². The molecule has 2 heterocycles. The predicted octanol–water partition coefficient (Wildman–Crippen LogP) is 5.22. The molecule has 4 rings (SSSR count). The summed E-state index contributed by atoms with van der Waals surface area (Å²) in [5.74, 6) is -1.57. The van der Waals surface area contributed by atoms with Crippen LogP contribution in [0.25, 0.3) is 0 Å². The first-order valence-electron chi connectivity index (χ1n) is 13.3. The van der Waals surface area contributed by atoms with Crippen molar-refractivity contribution in [3.8, 4) is 0 Å². The van der Waals surface area contributed by atoms with Crippen molar-refractivity contribution in [2.45, 2.75) is 40.0 Å². The summed E-state index contributed by atoms with van der Waals surface area (Å²) in [6.45, 7) is 5.83. The fourth-order valence-electron chi connectivity index (χ4n) is 5.27. The van der Waals surface area contributed by atoms with Gasteiger partial charge in [-0.25, -0.2) is 9.59 Å². The lowest BCUT2D eigenvalue weighted by atomic mass is 9.90. The molecule has 10 nitrogen and oxygen atoms in total.